The Hall–Kier alpha value is -1.29. The topological polar surface area (TPSA) is 53.7 Å². The Kier molecular flexibility index (Phi) is 3.99. The smallest absolute Gasteiger partial charge is 0.257 e. The van der Waals surface area contributed by atoms with Crippen molar-refractivity contribution < 1.29 is 14.3 Å². The minimum Gasteiger partial charge on any atom is -0.466 e. The van der Waals surface area contributed by atoms with Crippen LogP contribution in [0, 0.1) is 26.7 Å². The molecule has 2 heterocycles. The number of amides is 1. The van der Waals surface area contributed by atoms with Crippen molar-refractivity contribution in [2.75, 3.05) is 13.1 Å². The van der Waals surface area contributed by atoms with E-state index >= 15 is 0 Å². The van der Waals surface area contributed by atoms with Gasteiger partial charge in [0, 0.05) is 18.7 Å². The van der Waals surface area contributed by atoms with Crippen molar-refractivity contribution in [2.45, 2.75) is 46.6 Å². The van der Waals surface area contributed by atoms with Crippen molar-refractivity contribution in [2.24, 2.45) is 5.92 Å². The SMILES string of the molecule is Cc1oc(C)c(C(=O)N2CCC(C(C)O)CC2)c1C. The average molecular weight is 265 g/mol. The van der Waals surface area contributed by atoms with Crippen molar-refractivity contribution in [1.82, 2.24) is 4.90 Å². The molecular formula is C15H23NO3. The van der Waals surface area contributed by atoms with Crippen LogP contribution in [0.4, 0.5) is 0 Å². The first kappa shape index (κ1) is 14.1. The van der Waals surface area contributed by atoms with Gasteiger partial charge >= 0.3 is 0 Å². The van der Waals surface area contributed by atoms with E-state index in [1.165, 1.54) is 0 Å². The molecule has 0 bridgehead atoms. The van der Waals surface area contributed by atoms with Gasteiger partial charge in [0.25, 0.3) is 5.91 Å². The fourth-order valence-corrected chi connectivity index (χ4v) is 2.85. The van der Waals surface area contributed by atoms with E-state index in [1.807, 2.05) is 32.6 Å². The fourth-order valence-electron chi connectivity index (χ4n) is 2.85. The number of hydrogen-bond donors (Lipinski definition) is 1. The van der Waals surface area contributed by atoms with Crippen LogP contribution in [-0.4, -0.2) is 35.1 Å². The molecule has 1 aromatic rings. The number of rotatable bonds is 2. The van der Waals surface area contributed by atoms with E-state index in [-0.39, 0.29) is 12.0 Å². The third-order valence-corrected chi connectivity index (χ3v) is 4.28. The zero-order valence-corrected chi connectivity index (χ0v) is 12.2. The Morgan fingerprint density at radius 3 is 2.26 bits per heavy atom. The second-order valence-corrected chi connectivity index (χ2v) is 5.58. The lowest BCUT2D eigenvalue weighted by Crippen LogP contribution is -2.41. The predicted octanol–water partition coefficient (Wildman–Crippen LogP) is 2.44. The van der Waals surface area contributed by atoms with E-state index < -0.39 is 0 Å². The standard InChI is InChI=1S/C15H23NO3/c1-9-11(3)19-12(4)14(9)15(18)16-7-5-13(6-8-16)10(2)17/h10,13,17H,5-8H2,1-4H3. The first-order valence-electron chi connectivity index (χ1n) is 6.95. The molecule has 1 atom stereocenters. The number of aliphatic hydroxyl groups excluding tert-OH is 1. The second kappa shape index (κ2) is 5.37. The highest BCUT2D eigenvalue weighted by Crippen LogP contribution is 2.26. The lowest BCUT2D eigenvalue weighted by atomic mass is 9.92. The summed E-state index contributed by atoms with van der Waals surface area (Å²) in [5, 5.41) is 9.59. The molecule has 1 unspecified atom stereocenters. The van der Waals surface area contributed by atoms with Gasteiger partial charge in [-0.25, -0.2) is 0 Å². The Labute approximate surface area is 114 Å². The highest BCUT2D eigenvalue weighted by Gasteiger charge is 2.29. The normalized spacial score (nSPS) is 18.7. The van der Waals surface area contributed by atoms with E-state index in [1.54, 1.807) is 0 Å². The van der Waals surface area contributed by atoms with Crippen LogP contribution in [0.2, 0.25) is 0 Å². The first-order valence-corrected chi connectivity index (χ1v) is 6.95. The van der Waals surface area contributed by atoms with Gasteiger partial charge in [0.2, 0.25) is 0 Å². The largest absolute Gasteiger partial charge is 0.466 e. The van der Waals surface area contributed by atoms with Crippen molar-refractivity contribution in [3.63, 3.8) is 0 Å². The molecule has 2 rings (SSSR count). The summed E-state index contributed by atoms with van der Waals surface area (Å²) >= 11 is 0. The number of nitrogens with zero attached hydrogens (tertiary/aromatic N) is 1. The molecule has 1 N–H and O–H groups in total. The third-order valence-electron chi connectivity index (χ3n) is 4.28. The van der Waals surface area contributed by atoms with Crippen LogP contribution in [0.5, 0.6) is 0 Å². The molecule has 1 saturated heterocycles. The summed E-state index contributed by atoms with van der Waals surface area (Å²) in [6.07, 6.45) is 1.47. The maximum absolute atomic E-state index is 12.5. The molecular weight excluding hydrogens is 242 g/mol. The van der Waals surface area contributed by atoms with Crippen LogP contribution in [0.15, 0.2) is 4.42 Å². The number of likely N-dealkylation sites (tertiary alicyclic amines) is 1. The summed E-state index contributed by atoms with van der Waals surface area (Å²) < 4.78 is 5.53. The zero-order valence-electron chi connectivity index (χ0n) is 12.2. The summed E-state index contributed by atoms with van der Waals surface area (Å²) in [4.78, 5) is 14.4. The van der Waals surface area contributed by atoms with Crippen LogP contribution in [0.1, 0.15) is 47.2 Å². The van der Waals surface area contributed by atoms with Gasteiger partial charge < -0.3 is 14.4 Å². The highest BCUT2D eigenvalue weighted by atomic mass is 16.3. The predicted molar refractivity (Wildman–Crippen MR) is 73.2 cm³/mol. The number of hydrogen-bond acceptors (Lipinski definition) is 3. The van der Waals surface area contributed by atoms with E-state index in [2.05, 4.69) is 0 Å². The number of aryl methyl sites for hydroxylation is 2. The fraction of sp³-hybridized carbons (Fsp3) is 0.667. The maximum Gasteiger partial charge on any atom is 0.257 e. The van der Waals surface area contributed by atoms with Gasteiger partial charge in [-0.2, -0.15) is 0 Å². The van der Waals surface area contributed by atoms with E-state index in [0.29, 0.717) is 17.2 Å². The van der Waals surface area contributed by atoms with Crippen LogP contribution in [0.25, 0.3) is 0 Å². The van der Waals surface area contributed by atoms with Crippen molar-refractivity contribution >= 4 is 5.91 Å². The molecule has 0 radical (unpaired) electrons. The molecule has 106 valence electrons. The number of carbonyl (C=O) groups is 1. The van der Waals surface area contributed by atoms with Gasteiger partial charge in [-0.1, -0.05) is 0 Å². The molecule has 1 amide bonds. The molecule has 0 spiro atoms. The van der Waals surface area contributed by atoms with Gasteiger partial charge in [-0.05, 0) is 46.5 Å². The quantitative estimate of drug-likeness (QED) is 0.893. The van der Waals surface area contributed by atoms with Crippen molar-refractivity contribution in [1.29, 1.82) is 0 Å². The highest BCUT2D eigenvalue weighted by molar-refractivity contribution is 5.96. The molecule has 0 aromatic carbocycles. The van der Waals surface area contributed by atoms with Crippen LogP contribution < -0.4 is 0 Å². The Bertz CT molecular complexity index is 468. The van der Waals surface area contributed by atoms with Gasteiger partial charge in [-0.3, -0.25) is 4.79 Å². The van der Waals surface area contributed by atoms with Gasteiger partial charge in [-0.15, -0.1) is 0 Å². The molecule has 1 aliphatic heterocycles. The second-order valence-electron chi connectivity index (χ2n) is 5.58. The van der Waals surface area contributed by atoms with Gasteiger partial charge in [0.1, 0.15) is 11.5 Å². The molecule has 1 aromatic heterocycles. The van der Waals surface area contributed by atoms with E-state index in [0.717, 1.165) is 37.3 Å². The zero-order chi connectivity index (χ0) is 14.2. The summed E-state index contributed by atoms with van der Waals surface area (Å²) in [5.74, 6) is 1.91. The number of carbonyl (C=O) groups excluding carboxylic acids is 1. The molecule has 4 heteroatoms. The van der Waals surface area contributed by atoms with E-state index in [9.17, 15) is 9.90 Å². The van der Waals surface area contributed by atoms with Gasteiger partial charge in [0.15, 0.2) is 0 Å². The van der Waals surface area contributed by atoms with Crippen LogP contribution in [0.3, 0.4) is 0 Å². The number of piperidine rings is 1. The lowest BCUT2D eigenvalue weighted by Gasteiger charge is -2.33. The number of furan rings is 1. The summed E-state index contributed by atoms with van der Waals surface area (Å²) in [6, 6.07) is 0. The molecule has 19 heavy (non-hydrogen) atoms. The Morgan fingerprint density at radius 2 is 1.84 bits per heavy atom. The minimum absolute atomic E-state index is 0.0656. The molecule has 4 nitrogen and oxygen atoms in total. The Balaban J connectivity index is 2.10. The van der Waals surface area contributed by atoms with Crippen LogP contribution >= 0.6 is 0 Å². The summed E-state index contributed by atoms with van der Waals surface area (Å²) in [5.41, 5.74) is 1.66. The maximum atomic E-state index is 12.5. The third kappa shape index (κ3) is 2.68. The average Bonchev–Trinajstić information content (AvgIpc) is 2.62. The summed E-state index contributed by atoms with van der Waals surface area (Å²) in [6.45, 7) is 8.93. The van der Waals surface area contributed by atoms with Crippen molar-refractivity contribution in [3.05, 3.63) is 22.6 Å². The molecule has 0 saturated carbocycles. The number of aliphatic hydroxyl groups is 1. The van der Waals surface area contributed by atoms with Crippen molar-refractivity contribution in [3.8, 4) is 0 Å². The first-order chi connectivity index (χ1) is 8.91. The molecule has 0 aliphatic carbocycles. The van der Waals surface area contributed by atoms with Gasteiger partial charge in [0.05, 0.1) is 11.7 Å². The molecule has 1 aliphatic rings. The monoisotopic (exact) mass is 265 g/mol. The summed E-state index contributed by atoms with van der Waals surface area (Å²) in [7, 11) is 0. The van der Waals surface area contributed by atoms with Crippen LogP contribution in [-0.2, 0) is 0 Å². The Morgan fingerprint density at radius 1 is 1.26 bits per heavy atom. The minimum atomic E-state index is -0.281. The lowest BCUT2D eigenvalue weighted by molar-refractivity contribution is 0.0519. The molecule has 1 fully saturated rings. The van der Waals surface area contributed by atoms with E-state index in [4.69, 9.17) is 4.42 Å².